The number of ether oxygens (including phenoxy) is 2. The number of amides is 1. The second-order valence-electron chi connectivity index (χ2n) is 7.48. The standard InChI is InChI=1S/C23H31NO3/c1-15(2)21-12-7-17(5)13-22(21)27-18(6)23(25)24-14-19-8-10-20(11-9-19)26-16(3)4/h7-13,15-16,18H,14H2,1-6H3,(H,24,25). The highest BCUT2D eigenvalue weighted by atomic mass is 16.5. The average molecular weight is 370 g/mol. The zero-order valence-electron chi connectivity index (χ0n) is 17.2. The molecule has 1 N–H and O–H groups in total. The molecule has 27 heavy (non-hydrogen) atoms. The van der Waals surface area contributed by atoms with Crippen molar-refractivity contribution in [2.75, 3.05) is 0 Å². The largest absolute Gasteiger partial charge is 0.491 e. The van der Waals surface area contributed by atoms with Gasteiger partial charge in [0, 0.05) is 6.54 Å². The molecule has 146 valence electrons. The Morgan fingerprint density at radius 1 is 0.963 bits per heavy atom. The van der Waals surface area contributed by atoms with Crippen LogP contribution >= 0.6 is 0 Å². The van der Waals surface area contributed by atoms with Crippen LogP contribution in [0.25, 0.3) is 0 Å². The molecule has 0 aliphatic heterocycles. The number of aryl methyl sites for hydroxylation is 1. The second kappa shape index (κ2) is 9.45. The lowest BCUT2D eigenvalue weighted by molar-refractivity contribution is -0.127. The first-order chi connectivity index (χ1) is 12.8. The Morgan fingerprint density at radius 2 is 1.63 bits per heavy atom. The maximum atomic E-state index is 12.4. The van der Waals surface area contributed by atoms with Crippen LogP contribution in [0.5, 0.6) is 11.5 Å². The van der Waals surface area contributed by atoms with E-state index in [0.717, 1.165) is 28.2 Å². The fraction of sp³-hybridized carbons (Fsp3) is 0.435. The Kier molecular flexibility index (Phi) is 7.28. The van der Waals surface area contributed by atoms with Gasteiger partial charge in [-0.2, -0.15) is 0 Å². The molecule has 1 amide bonds. The van der Waals surface area contributed by atoms with E-state index in [1.54, 1.807) is 6.92 Å². The number of carbonyl (C=O) groups is 1. The SMILES string of the molecule is Cc1ccc(C(C)C)c(OC(C)C(=O)NCc2ccc(OC(C)C)cc2)c1. The molecule has 1 atom stereocenters. The molecule has 0 aliphatic rings. The van der Waals surface area contributed by atoms with E-state index >= 15 is 0 Å². The number of hydrogen-bond acceptors (Lipinski definition) is 3. The molecule has 2 rings (SSSR count). The first-order valence-corrected chi connectivity index (χ1v) is 9.56. The third-order valence-electron chi connectivity index (χ3n) is 4.23. The molecule has 0 saturated heterocycles. The molecule has 0 fully saturated rings. The lowest BCUT2D eigenvalue weighted by atomic mass is 10.0. The van der Waals surface area contributed by atoms with Crippen LogP contribution in [0.1, 0.15) is 57.2 Å². The molecule has 2 aromatic rings. The lowest BCUT2D eigenvalue weighted by Gasteiger charge is -2.19. The minimum Gasteiger partial charge on any atom is -0.491 e. The van der Waals surface area contributed by atoms with Gasteiger partial charge in [-0.05, 0) is 68.5 Å². The summed E-state index contributed by atoms with van der Waals surface area (Å²) in [5.74, 6) is 1.82. The van der Waals surface area contributed by atoms with Gasteiger partial charge in [0.15, 0.2) is 6.10 Å². The monoisotopic (exact) mass is 369 g/mol. The second-order valence-corrected chi connectivity index (χ2v) is 7.48. The van der Waals surface area contributed by atoms with Gasteiger partial charge >= 0.3 is 0 Å². The van der Waals surface area contributed by atoms with Crippen molar-refractivity contribution in [2.45, 2.75) is 66.2 Å². The van der Waals surface area contributed by atoms with E-state index in [-0.39, 0.29) is 12.0 Å². The summed E-state index contributed by atoms with van der Waals surface area (Å²) in [6, 6.07) is 13.9. The fourth-order valence-corrected chi connectivity index (χ4v) is 2.76. The smallest absolute Gasteiger partial charge is 0.261 e. The molecule has 1 unspecified atom stereocenters. The molecular formula is C23H31NO3. The molecule has 0 aliphatic carbocycles. The van der Waals surface area contributed by atoms with Crippen molar-refractivity contribution in [3.63, 3.8) is 0 Å². The zero-order chi connectivity index (χ0) is 20.0. The van der Waals surface area contributed by atoms with Crippen molar-refractivity contribution in [2.24, 2.45) is 0 Å². The van der Waals surface area contributed by atoms with Crippen molar-refractivity contribution < 1.29 is 14.3 Å². The molecule has 2 aromatic carbocycles. The first kappa shape index (κ1) is 20.8. The number of hydrogen-bond donors (Lipinski definition) is 1. The van der Waals surface area contributed by atoms with Gasteiger partial charge in [-0.3, -0.25) is 4.79 Å². The first-order valence-electron chi connectivity index (χ1n) is 9.56. The molecule has 0 heterocycles. The Labute approximate surface area is 162 Å². The third kappa shape index (κ3) is 6.31. The van der Waals surface area contributed by atoms with Gasteiger partial charge in [0.25, 0.3) is 5.91 Å². The topological polar surface area (TPSA) is 47.6 Å². The third-order valence-corrected chi connectivity index (χ3v) is 4.23. The van der Waals surface area contributed by atoms with Gasteiger partial charge in [0.2, 0.25) is 0 Å². The molecule has 0 saturated carbocycles. The summed E-state index contributed by atoms with van der Waals surface area (Å²) in [6.45, 7) is 12.5. The summed E-state index contributed by atoms with van der Waals surface area (Å²) in [5, 5.41) is 2.94. The molecule has 0 spiro atoms. The van der Waals surface area contributed by atoms with Crippen LogP contribution in [0.3, 0.4) is 0 Å². The van der Waals surface area contributed by atoms with Crippen LogP contribution in [-0.4, -0.2) is 18.1 Å². The Morgan fingerprint density at radius 3 is 2.22 bits per heavy atom. The highest BCUT2D eigenvalue weighted by molar-refractivity contribution is 5.80. The highest BCUT2D eigenvalue weighted by Gasteiger charge is 2.17. The summed E-state index contributed by atoms with van der Waals surface area (Å²) in [4.78, 5) is 12.4. The van der Waals surface area contributed by atoms with Crippen LogP contribution in [0, 0.1) is 6.92 Å². The van der Waals surface area contributed by atoms with Gasteiger partial charge in [-0.1, -0.05) is 38.1 Å². The van der Waals surface area contributed by atoms with Gasteiger partial charge in [-0.25, -0.2) is 0 Å². The van der Waals surface area contributed by atoms with E-state index in [1.165, 1.54) is 0 Å². The van der Waals surface area contributed by atoms with Crippen LogP contribution < -0.4 is 14.8 Å². The van der Waals surface area contributed by atoms with Crippen molar-refractivity contribution in [3.8, 4) is 11.5 Å². The van der Waals surface area contributed by atoms with E-state index < -0.39 is 6.10 Å². The summed E-state index contributed by atoms with van der Waals surface area (Å²) in [7, 11) is 0. The van der Waals surface area contributed by atoms with E-state index in [4.69, 9.17) is 9.47 Å². The average Bonchev–Trinajstić information content (AvgIpc) is 2.60. The molecule has 0 aromatic heterocycles. The van der Waals surface area contributed by atoms with E-state index in [2.05, 4.69) is 31.3 Å². The number of nitrogens with one attached hydrogen (secondary N) is 1. The van der Waals surface area contributed by atoms with Crippen LogP contribution in [0.15, 0.2) is 42.5 Å². The van der Waals surface area contributed by atoms with Gasteiger partial charge < -0.3 is 14.8 Å². The summed E-state index contributed by atoms with van der Waals surface area (Å²) < 4.78 is 11.6. The zero-order valence-corrected chi connectivity index (χ0v) is 17.2. The van der Waals surface area contributed by atoms with E-state index in [9.17, 15) is 4.79 Å². The number of benzene rings is 2. The molecular weight excluding hydrogens is 338 g/mol. The molecule has 0 radical (unpaired) electrons. The molecule has 4 nitrogen and oxygen atoms in total. The predicted molar refractivity (Wildman–Crippen MR) is 109 cm³/mol. The maximum Gasteiger partial charge on any atom is 0.261 e. The minimum atomic E-state index is -0.562. The Hall–Kier alpha value is -2.49. The van der Waals surface area contributed by atoms with Crippen LogP contribution in [-0.2, 0) is 11.3 Å². The summed E-state index contributed by atoms with van der Waals surface area (Å²) in [5.41, 5.74) is 3.25. The van der Waals surface area contributed by atoms with Gasteiger partial charge in [0.1, 0.15) is 11.5 Å². The summed E-state index contributed by atoms with van der Waals surface area (Å²) in [6.07, 6.45) is -0.418. The predicted octanol–water partition coefficient (Wildman–Crippen LogP) is 4.99. The van der Waals surface area contributed by atoms with Crippen molar-refractivity contribution in [1.29, 1.82) is 0 Å². The lowest BCUT2D eigenvalue weighted by Crippen LogP contribution is -2.36. The van der Waals surface area contributed by atoms with Gasteiger partial charge in [0.05, 0.1) is 6.10 Å². The van der Waals surface area contributed by atoms with E-state index in [0.29, 0.717) is 12.5 Å². The fourth-order valence-electron chi connectivity index (χ4n) is 2.76. The van der Waals surface area contributed by atoms with Crippen molar-refractivity contribution in [1.82, 2.24) is 5.32 Å². The Bertz CT molecular complexity index is 751. The van der Waals surface area contributed by atoms with Crippen LogP contribution in [0.4, 0.5) is 0 Å². The van der Waals surface area contributed by atoms with Gasteiger partial charge in [-0.15, -0.1) is 0 Å². The highest BCUT2D eigenvalue weighted by Crippen LogP contribution is 2.28. The normalized spacial score (nSPS) is 12.1. The molecule has 0 bridgehead atoms. The maximum absolute atomic E-state index is 12.4. The summed E-state index contributed by atoms with van der Waals surface area (Å²) >= 11 is 0. The quantitative estimate of drug-likeness (QED) is 0.713. The van der Waals surface area contributed by atoms with E-state index in [1.807, 2.05) is 51.1 Å². The number of rotatable bonds is 8. The van der Waals surface area contributed by atoms with Crippen molar-refractivity contribution >= 4 is 5.91 Å². The van der Waals surface area contributed by atoms with Crippen molar-refractivity contribution in [3.05, 3.63) is 59.2 Å². The van der Waals surface area contributed by atoms with Crippen LogP contribution in [0.2, 0.25) is 0 Å². The Balaban J connectivity index is 1.93. The minimum absolute atomic E-state index is 0.131. The number of carbonyl (C=O) groups excluding carboxylic acids is 1. The molecule has 4 heteroatoms.